The predicted octanol–water partition coefficient (Wildman–Crippen LogP) is -0.847. The van der Waals surface area contributed by atoms with Gasteiger partial charge in [0.1, 0.15) is 0 Å². The molecule has 0 spiro atoms. The first-order valence-electron chi connectivity index (χ1n) is 1.11. The van der Waals surface area contributed by atoms with E-state index >= 15 is 0 Å². The quantitative estimate of drug-likeness (QED) is 0.396. The summed E-state index contributed by atoms with van der Waals surface area (Å²) in [7, 11) is 0. The third-order valence-electron chi connectivity index (χ3n) is 0.183. The summed E-state index contributed by atoms with van der Waals surface area (Å²) in [5.74, 6) is -3.65. The van der Waals surface area contributed by atoms with E-state index in [4.69, 9.17) is 19.8 Å². The van der Waals surface area contributed by atoms with Crippen LogP contribution in [0.4, 0.5) is 0 Å². The molecule has 0 amide bonds. The molecule has 0 saturated heterocycles. The largest absolute Gasteiger partial charge is 0.473 e. The molecule has 36 valence electrons. The van der Waals surface area contributed by atoms with E-state index in [1.54, 1.807) is 0 Å². The summed E-state index contributed by atoms with van der Waals surface area (Å²) in [6, 6.07) is 0. The van der Waals surface area contributed by atoms with Crippen molar-refractivity contribution in [2.45, 2.75) is 0 Å². The van der Waals surface area contributed by atoms with Crippen molar-refractivity contribution >= 4 is 11.9 Å². The second-order valence-corrected chi connectivity index (χ2v) is 0.610. The number of carboxylic acid groups (broad SMARTS) is 2. The predicted molar refractivity (Wildman–Crippen MR) is 15.3 cm³/mol. The summed E-state index contributed by atoms with van der Waals surface area (Å²) in [6.45, 7) is 0. The zero-order valence-corrected chi connectivity index (χ0v) is 7.45. The Kier molecular flexibility index (Phi) is 5.75. The van der Waals surface area contributed by atoms with Crippen LogP contribution in [0.15, 0.2) is 0 Å². The van der Waals surface area contributed by atoms with Gasteiger partial charge in [-0.05, 0) is 0 Å². The Labute approximate surface area is 59.3 Å². The maximum Gasteiger partial charge on any atom is 0.414 e. The molecule has 0 heterocycles. The molecular formula is C2H2CdO4. The first-order valence-corrected chi connectivity index (χ1v) is 1.11. The molecule has 0 bridgehead atoms. The molecule has 0 aromatic carbocycles. The van der Waals surface area contributed by atoms with Crippen LogP contribution >= 0.6 is 0 Å². The molecule has 0 fully saturated rings. The maximum absolute atomic E-state index is 9.10. The summed E-state index contributed by atoms with van der Waals surface area (Å²) >= 11 is 0. The number of rotatable bonds is 0. The number of carbonyl (C=O) groups is 2. The van der Waals surface area contributed by atoms with Crippen molar-refractivity contribution in [3.05, 3.63) is 0 Å². The van der Waals surface area contributed by atoms with E-state index in [1.807, 2.05) is 0 Å². The summed E-state index contributed by atoms with van der Waals surface area (Å²) in [4.78, 5) is 18.2. The molecule has 0 aromatic rings. The Morgan fingerprint density at radius 2 is 1.14 bits per heavy atom. The fraction of sp³-hybridized carbons (Fsp3) is 0. The first-order chi connectivity index (χ1) is 2.64. The average Bonchev–Trinajstić information content (AvgIpc) is 1.36. The molecule has 0 unspecified atom stereocenters. The zero-order valence-electron chi connectivity index (χ0n) is 3.42. The molecule has 7 heavy (non-hydrogen) atoms. The standard InChI is InChI=1S/C2H2O4.Cd/c3-1(4)2(5)6;/h(H,3,4)(H,5,6);. The van der Waals surface area contributed by atoms with Crippen molar-refractivity contribution in [2.75, 3.05) is 0 Å². The van der Waals surface area contributed by atoms with E-state index in [0.29, 0.717) is 0 Å². The van der Waals surface area contributed by atoms with Crippen molar-refractivity contribution < 1.29 is 47.1 Å². The number of hydrogen-bond donors (Lipinski definition) is 2. The molecule has 0 radical (unpaired) electrons. The van der Waals surface area contributed by atoms with E-state index in [9.17, 15) is 0 Å². The molecule has 0 aromatic heterocycles. The van der Waals surface area contributed by atoms with Crippen molar-refractivity contribution in [3.8, 4) is 0 Å². The molecule has 5 heteroatoms. The Morgan fingerprint density at radius 1 is 1.00 bits per heavy atom. The summed E-state index contributed by atoms with van der Waals surface area (Å²) < 4.78 is 0. The van der Waals surface area contributed by atoms with Crippen molar-refractivity contribution in [1.82, 2.24) is 0 Å². The van der Waals surface area contributed by atoms with Crippen LogP contribution < -0.4 is 0 Å². The van der Waals surface area contributed by atoms with Gasteiger partial charge in [-0.3, -0.25) is 0 Å². The van der Waals surface area contributed by atoms with Gasteiger partial charge >= 0.3 is 11.9 Å². The van der Waals surface area contributed by atoms with Crippen LogP contribution in [0.3, 0.4) is 0 Å². The minimum absolute atomic E-state index is 0. The van der Waals surface area contributed by atoms with Gasteiger partial charge in [0.05, 0.1) is 0 Å². The summed E-state index contributed by atoms with van der Waals surface area (Å²) in [6.07, 6.45) is 0. The van der Waals surface area contributed by atoms with Gasteiger partial charge in [0.15, 0.2) is 0 Å². The van der Waals surface area contributed by atoms with Crippen LogP contribution in [0.1, 0.15) is 0 Å². The van der Waals surface area contributed by atoms with Gasteiger partial charge in [-0.1, -0.05) is 0 Å². The summed E-state index contributed by atoms with van der Waals surface area (Å²) in [5.41, 5.74) is 0. The van der Waals surface area contributed by atoms with Crippen molar-refractivity contribution in [2.24, 2.45) is 0 Å². The first kappa shape index (κ1) is 9.98. The van der Waals surface area contributed by atoms with Gasteiger partial charge in [0.25, 0.3) is 0 Å². The molecule has 0 atom stereocenters. The molecule has 0 saturated carbocycles. The smallest absolute Gasteiger partial charge is 0.414 e. The van der Waals surface area contributed by atoms with Gasteiger partial charge in [-0.15, -0.1) is 0 Å². The van der Waals surface area contributed by atoms with Crippen molar-refractivity contribution in [3.63, 3.8) is 0 Å². The van der Waals surface area contributed by atoms with Gasteiger partial charge in [-0.25, -0.2) is 9.59 Å². The van der Waals surface area contributed by atoms with Gasteiger partial charge in [0, 0.05) is 27.3 Å². The monoisotopic (exact) mass is 204 g/mol. The SMILES string of the molecule is O=C(O)C(=O)O.[Cd]. The fourth-order valence-electron chi connectivity index (χ4n) is 0. The van der Waals surface area contributed by atoms with E-state index in [2.05, 4.69) is 0 Å². The van der Waals surface area contributed by atoms with E-state index in [0.717, 1.165) is 0 Å². The van der Waals surface area contributed by atoms with Crippen LogP contribution in [-0.2, 0) is 36.9 Å². The molecular weight excluding hydrogens is 200 g/mol. The normalized spacial score (nSPS) is 6.29. The van der Waals surface area contributed by atoms with Crippen LogP contribution in [-0.4, -0.2) is 22.2 Å². The van der Waals surface area contributed by atoms with Crippen molar-refractivity contribution in [1.29, 1.82) is 0 Å². The van der Waals surface area contributed by atoms with Crippen LogP contribution in [0.2, 0.25) is 0 Å². The Hall–Kier alpha value is -0.138. The average molecular weight is 202 g/mol. The topological polar surface area (TPSA) is 74.6 Å². The molecule has 4 nitrogen and oxygen atoms in total. The van der Waals surface area contributed by atoms with Gasteiger partial charge < -0.3 is 10.2 Å². The van der Waals surface area contributed by atoms with E-state index in [1.165, 1.54) is 0 Å². The number of carboxylic acids is 2. The summed E-state index contributed by atoms with van der Waals surface area (Å²) in [5, 5.41) is 14.8. The van der Waals surface area contributed by atoms with E-state index in [-0.39, 0.29) is 27.3 Å². The molecule has 0 aliphatic carbocycles. The molecule has 2 N–H and O–H groups in total. The Balaban J connectivity index is 0. The molecule has 0 aliphatic rings. The molecule has 0 aliphatic heterocycles. The van der Waals surface area contributed by atoms with E-state index < -0.39 is 11.9 Å². The van der Waals surface area contributed by atoms with Crippen LogP contribution in [0.25, 0.3) is 0 Å². The van der Waals surface area contributed by atoms with Crippen LogP contribution in [0, 0.1) is 0 Å². The number of hydrogen-bond acceptors (Lipinski definition) is 2. The number of aliphatic carboxylic acids is 2. The maximum atomic E-state index is 9.10. The minimum Gasteiger partial charge on any atom is -0.473 e. The van der Waals surface area contributed by atoms with Crippen LogP contribution in [0.5, 0.6) is 0 Å². The Morgan fingerprint density at radius 3 is 1.14 bits per heavy atom. The van der Waals surface area contributed by atoms with Gasteiger partial charge in [0.2, 0.25) is 0 Å². The second kappa shape index (κ2) is 4.03. The second-order valence-electron chi connectivity index (χ2n) is 0.610. The molecule has 0 rings (SSSR count). The zero-order chi connectivity index (χ0) is 5.15. The van der Waals surface area contributed by atoms with Gasteiger partial charge in [-0.2, -0.15) is 0 Å². The third kappa shape index (κ3) is 5.86. The fourth-order valence-corrected chi connectivity index (χ4v) is 0. The minimum atomic E-state index is -1.82. The third-order valence-corrected chi connectivity index (χ3v) is 0.183. The Bertz CT molecular complexity index is 75.7.